The fraction of sp³-hybridized carbons (Fsp3) is 0.294. The van der Waals surface area contributed by atoms with Crippen LogP contribution in [0.15, 0.2) is 29.6 Å². The van der Waals surface area contributed by atoms with E-state index in [1.54, 1.807) is 29.6 Å². The van der Waals surface area contributed by atoms with Crippen LogP contribution in [0.3, 0.4) is 0 Å². The number of esters is 1. The Kier molecular flexibility index (Phi) is 6.37. The van der Waals surface area contributed by atoms with Gasteiger partial charge in [-0.05, 0) is 38.1 Å². The Morgan fingerprint density at radius 1 is 1.24 bits per heavy atom. The highest BCUT2D eigenvalue weighted by atomic mass is 32.1. The topological polar surface area (TPSA) is 94.6 Å². The van der Waals surface area contributed by atoms with Crippen LogP contribution >= 0.6 is 11.3 Å². The Balaban J connectivity index is 1.92. The molecule has 2 rings (SSSR count). The number of ether oxygens (including phenoxy) is 2. The molecule has 2 aromatic rings. The van der Waals surface area contributed by atoms with Gasteiger partial charge in [0.05, 0.1) is 6.61 Å². The zero-order valence-electron chi connectivity index (χ0n) is 14.1. The highest BCUT2D eigenvalue weighted by molar-refractivity contribution is 7.09. The number of Topliss-reactive ketones (excluding diaryl/α,β-unsaturated/α-hetero) is 1. The first-order valence-corrected chi connectivity index (χ1v) is 8.35. The van der Waals surface area contributed by atoms with E-state index in [4.69, 9.17) is 9.47 Å². The van der Waals surface area contributed by atoms with Crippen molar-refractivity contribution in [2.24, 2.45) is 0 Å². The number of nitrogens with one attached hydrogen (secondary N) is 1. The van der Waals surface area contributed by atoms with Gasteiger partial charge in [-0.25, -0.2) is 9.78 Å². The van der Waals surface area contributed by atoms with Crippen LogP contribution in [0.25, 0.3) is 0 Å². The number of carbonyl (C=O) groups is 3. The Morgan fingerprint density at radius 3 is 2.52 bits per heavy atom. The molecule has 1 aromatic carbocycles. The largest absolute Gasteiger partial charge is 0.448 e. The summed E-state index contributed by atoms with van der Waals surface area (Å²) in [5.74, 6) is -1.21. The number of nitrogens with zero attached hydrogens (tertiary/aromatic N) is 1. The van der Waals surface area contributed by atoms with Crippen LogP contribution in [0.5, 0.6) is 0 Å². The van der Waals surface area contributed by atoms with Crippen molar-refractivity contribution in [1.82, 2.24) is 4.98 Å². The number of rotatable bonds is 7. The monoisotopic (exact) mass is 362 g/mol. The third-order valence-corrected chi connectivity index (χ3v) is 4.06. The molecule has 132 valence electrons. The number of amides is 1. The molecule has 1 atom stereocenters. The van der Waals surface area contributed by atoms with E-state index in [1.165, 1.54) is 32.3 Å². The number of aromatic nitrogens is 1. The van der Waals surface area contributed by atoms with Crippen molar-refractivity contribution in [3.05, 3.63) is 45.9 Å². The number of hydrogen-bond acceptors (Lipinski definition) is 7. The van der Waals surface area contributed by atoms with Crippen molar-refractivity contribution >= 4 is 34.7 Å². The van der Waals surface area contributed by atoms with E-state index in [2.05, 4.69) is 10.3 Å². The summed E-state index contributed by atoms with van der Waals surface area (Å²) in [5, 5.41) is 4.83. The van der Waals surface area contributed by atoms with E-state index in [0.717, 1.165) is 0 Å². The Labute approximate surface area is 149 Å². The number of ketones is 1. The van der Waals surface area contributed by atoms with Gasteiger partial charge in [-0.3, -0.25) is 9.59 Å². The highest BCUT2D eigenvalue weighted by Gasteiger charge is 2.21. The number of hydrogen-bond donors (Lipinski definition) is 1. The smallest absolute Gasteiger partial charge is 0.358 e. The summed E-state index contributed by atoms with van der Waals surface area (Å²) in [4.78, 5) is 39.4. The second-order valence-corrected chi connectivity index (χ2v) is 6.17. The lowest BCUT2D eigenvalue weighted by Gasteiger charge is -2.13. The summed E-state index contributed by atoms with van der Waals surface area (Å²) in [7, 11) is 1.54. The van der Waals surface area contributed by atoms with Gasteiger partial charge < -0.3 is 14.8 Å². The van der Waals surface area contributed by atoms with Gasteiger partial charge in [-0.15, -0.1) is 11.3 Å². The number of anilines is 1. The third kappa shape index (κ3) is 5.20. The fourth-order valence-corrected chi connectivity index (χ4v) is 2.63. The summed E-state index contributed by atoms with van der Waals surface area (Å²) < 4.78 is 10.1. The Bertz CT molecular complexity index is 770. The van der Waals surface area contributed by atoms with Crippen LogP contribution in [0.4, 0.5) is 5.69 Å². The molecule has 8 heteroatoms. The molecular formula is C17H18N2O5S. The minimum absolute atomic E-state index is 0.0590. The van der Waals surface area contributed by atoms with E-state index in [9.17, 15) is 14.4 Å². The van der Waals surface area contributed by atoms with Crippen LogP contribution < -0.4 is 5.32 Å². The Morgan fingerprint density at radius 2 is 1.92 bits per heavy atom. The van der Waals surface area contributed by atoms with Crippen molar-refractivity contribution in [2.75, 3.05) is 12.4 Å². The van der Waals surface area contributed by atoms with Gasteiger partial charge in [0, 0.05) is 23.7 Å². The van der Waals surface area contributed by atoms with Gasteiger partial charge in [0.2, 0.25) is 0 Å². The van der Waals surface area contributed by atoms with E-state index in [1.807, 2.05) is 0 Å². The third-order valence-electron chi connectivity index (χ3n) is 3.24. The highest BCUT2D eigenvalue weighted by Crippen LogP contribution is 2.14. The lowest BCUT2D eigenvalue weighted by Crippen LogP contribution is -2.30. The van der Waals surface area contributed by atoms with Gasteiger partial charge in [-0.2, -0.15) is 0 Å². The van der Waals surface area contributed by atoms with Crippen LogP contribution in [-0.2, 0) is 20.9 Å². The van der Waals surface area contributed by atoms with Gasteiger partial charge in [0.15, 0.2) is 17.6 Å². The first kappa shape index (κ1) is 18.8. The Hall–Kier alpha value is -2.58. The molecule has 1 unspecified atom stereocenters. The molecule has 0 fully saturated rings. The molecule has 1 heterocycles. The predicted molar refractivity (Wildman–Crippen MR) is 92.8 cm³/mol. The number of benzene rings is 1. The second kappa shape index (κ2) is 8.50. The first-order valence-electron chi connectivity index (χ1n) is 7.47. The molecule has 0 spiro atoms. The van der Waals surface area contributed by atoms with Crippen LogP contribution in [0.1, 0.15) is 39.7 Å². The quantitative estimate of drug-likeness (QED) is 0.601. The molecule has 0 bridgehead atoms. The minimum Gasteiger partial charge on any atom is -0.448 e. The van der Waals surface area contributed by atoms with E-state index in [-0.39, 0.29) is 11.5 Å². The molecule has 1 N–H and O–H groups in total. The number of thiazole rings is 1. The summed E-state index contributed by atoms with van der Waals surface area (Å²) in [6.45, 7) is 3.25. The molecule has 7 nitrogen and oxygen atoms in total. The lowest BCUT2D eigenvalue weighted by molar-refractivity contribution is -0.123. The zero-order valence-corrected chi connectivity index (χ0v) is 14.9. The van der Waals surface area contributed by atoms with Crippen LogP contribution in [0, 0.1) is 0 Å². The van der Waals surface area contributed by atoms with Gasteiger partial charge in [0.1, 0.15) is 5.01 Å². The average Bonchev–Trinajstić information content (AvgIpc) is 3.04. The number of carbonyl (C=O) groups excluding carboxylic acids is 3. The summed E-state index contributed by atoms with van der Waals surface area (Å²) >= 11 is 1.28. The number of methoxy groups -OCH3 is 1. The molecule has 0 radical (unpaired) electrons. The normalized spacial score (nSPS) is 11.6. The standard InChI is InChI=1S/C17H18N2O5S/c1-10(20)12-4-6-13(7-5-12)18-16(21)11(2)24-17(22)14-9-25-15(19-14)8-23-3/h4-7,9,11H,8H2,1-3H3,(H,18,21). The summed E-state index contributed by atoms with van der Waals surface area (Å²) in [5.41, 5.74) is 1.20. The van der Waals surface area contributed by atoms with Gasteiger partial charge >= 0.3 is 5.97 Å². The fourth-order valence-electron chi connectivity index (χ4n) is 1.90. The van der Waals surface area contributed by atoms with Crippen molar-refractivity contribution < 1.29 is 23.9 Å². The molecule has 1 amide bonds. The van der Waals surface area contributed by atoms with Crippen LogP contribution in [0.2, 0.25) is 0 Å². The van der Waals surface area contributed by atoms with Crippen LogP contribution in [-0.4, -0.2) is 35.9 Å². The first-order chi connectivity index (χ1) is 11.9. The molecule has 0 saturated carbocycles. The van der Waals surface area contributed by atoms with Crippen molar-refractivity contribution in [3.63, 3.8) is 0 Å². The SMILES string of the molecule is COCc1nc(C(=O)OC(C)C(=O)Nc2ccc(C(C)=O)cc2)cs1. The second-order valence-electron chi connectivity index (χ2n) is 5.23. The van der Waals surface area contributed by atoms with E-state index >= 15 is 0 Å². The summed E-state index contributed by atoms with van der Waals surface area (Å²) in [6, 6.07) is 6.45. The van der Waals surface area contributed by atoms with Gasteiger partial charge in [-0.1, -0.05) is 0 Å². The molecule has 0 aliphatic rings. The van der Waals surface area contributed by atoms with Crippen molar-refractivity contribution in [1.29, 1.82) is 0 Å². The summed E-state index contributed by atoms with van der Waals surface area (Å²) in [6.07, 6.45) is -0.993. The molecular weight excluding hydrogens is 344 g/mol. The molecule has 0 aliphatic carbocycles. The van der Waals surface area contributed by atoms with Gasteiger partial charge in [0.25, 0.3) is 5.91 Å². The maximum atomic E-state index is 12.1. The molecule has 1 aromatic heterocycles. The van der Waals surface area contributed by atoms with Crippen molar-refractivity contribution in [2.45, 2.75) is 26.6 Å². The minimum atomic E-state index is -0.993. The predicted octanol–water partition coefficient (Wildman–Crippen LogP) is 2.68. The average molecular weight is 362 g/mol. The lowest BCUT2D eigenvalue weighted by atomic mass is 10.1. The maximum Gasteiger partial charge on any atom is 0.358 e. The van der Waals surface area contributed by atoms with E-state index in [0.29, 0.717) is 22.9 Å². The zero-order chi connectivity index (χ0) is 18.4. The van der Waals surface area contributed by atoms with E-state index < -0.39 is 18.0 Å². The molecule has 25 heavy (non-hydrogen) atoms. The molecule has 0 saturated heterocycles. The molecule has 0 aliphatic heterocycles. The van der Waals surface area contributed by atoms with Crippen molar-refractivity contribution in [3.8, 4) is 0 Å². The maximum absolute atomic E-state index is 12.1.